The van der Waals surface area contributed by atoms with Crippen LogP contribution in [0, 0.1) is 17.0 Å². The number of hydrogen-bond acceptors (Lipinski definition) is 4. The van der Waals surface area contributed by atoms with Crippen molar-refractivity contribution in [2.24, 2.45) is 0 Å². The molecule has 0 saturated heterocycles. The maximum atomic E-state index is 10.7. The van der Waals surface area contributed by atoms with Crippen LogP contribution in [0.5, 0.6) is 0 Å². The van der Waals surface area contributed by atoms with Crippen LogP contribution in [0.3, 0.4) is 0 Å². The van der Waals surface area contributed by atoms with E-state index in [-0.39, 0.29) is 5.69 Å². The standard InChI is InChI=1S/C14H12N5O2/c1-11-15-16-18(13-5-3-2-4-6-13)17(11)12-7-9-14(10-8-12)19(20)21/h2-10H,1H3/q+1. The number of nitro groups is 1. The number of hydrogen-bond donors (Lipinski definition) is 0. The van der Waals surface area contributed by atoms with Gasteiger partial charge in [0.05, 0.1) is 4.92 Å². The third-order valence-electron chi connectivity index (χ3n) is 3.06. The van der Waals surface area contributed by atoms with E-state index in [4.69, 9.17) is 0 Å². The summed E-state index contributed by atoms with van der Waals surface area (Å²) >= 11 is 0. The minimum Gasteiger partial charge on any atom is -0.258 e. The first-order chi connectivity index (χ1) is 10.2. The predicted octanol–water partition coefficient (Wildman–Crippen LogP) is 1.76. The van der Waals surface area contributed by atoms with E-state index in [1.807, 2.05) is 37.3 Å². The molecule has 3 aromatic rings. The summed E-state index contributed by atoms with van der Waals surface area (Å²) in [6.07, 6.45) is 0. The molecule has 21 heavy (non-hydrogen) atoms. The van der Waals surface area contributed by atoms with Crippen molar-refractivity contribution in [2.75, 3.05) is 0 Å². The molecular formula is C14H12N5O2+. The zero-order valence-corrected chi connectivity index (χ0v) is 11.2. The first-order valence-corrected chi connectivity index (χ1v) is 6.32. The number of aryl methyl sites for hydroxylation is 1. The Morgan fingerprint density at radius 2 is 1.76 bits per heavy atom. The van der Waals surface area contributed by atoms with Crippen molar-refractivity contribution < 1.29 is 9.61 Å². The van der Waals surface area contributed by atoms with E-state index >= 15 is 0 Å². The maximum Gasteiger partial charge on any atom is 0.303 e. The monoisotopic (exact) mass is 282 g/mol. The van der Waals surface area contributed by atoms with Crippen LogP contribution in [-0.4, -0.2) is 20.0 Å². The summed E-state index contributed by atoms with van der Waals surface area (Å²) in [4.78, 5) is 11.9. The molecule has 0 fully saturated rings. The van der Waals surface area contributed by atoms with Gasteiger partial charge in [-0.15, -0.1) is 4.68 Å². The van der Waals surface area contributed by atoms with Gasteiger partial charge in [0.25, 0.3) is 5.69 Å². The summed E-state index contributed by atoms with van der Waals surface area (Å²) in [5, 5.41) is 18.9. The minimum atomic E-state index is -0.423. The van der Waals surface area contributed by atoms with Gasteiger partial charge in [0.15, 0.2) is 5.21 Å². The van der Waals surface area contributed by atoms with Gasteiger partial charge < -0.3 is 0 Å². The van der Waals surface area contributed by atoms with Crippen LogP contribution in [0.25, 0.3) is 11.4 Å². The largest absolute Gasteiger partial charge is 0.303 e. The van der Waals surface area contributed by atoms with E-state index in [0.717, 1.165) is 11.4 Å². The molecule has 0 bridgehead atoms. The van der Waals surface area contributed by atoms with Crippen molar-refractivity contribution in [3.05, 3.63) is 70.5 Å². The second kappa shape index (κ2) is 5.12. The highest BCUT2D eigenvalue weighted by atomic mass is 16.6. The van der Waals surface area contributed by atoms with Gasteiger partial charge in [0.2, 0.25) is 0 Å². The topological polar surface area (TPSA) is 77.7 Å². The fourth-order valence-corrected chi connectivity index (χ4v) is 2.07. The quantitative estimate of drug-likeness (QED) is 0.416. The Morgan fingerprint density at radius 1 is 1.10 bits per heavy atom. The third-order valence-corrected chi connectivity index (χ3v) is 3.06. The van der Waals surface area contributed by atoms with Gasteiger partial charge in [-0.3, -0.25) is 10.1 Å². The highest BCUT2D eigenvalue weighted by molar-refractivity contribution is 5.36. The van der Waals surface area contributed by atoms with Gasteiger partial charge in [-0.1, -0.05) is 18.2 Å². The van der Waals surface area contributed by atoms with Crippen LogP contribution >= 0.6 is 0 Å². The number of rotatable bonds is 3. The Balaban J connectivity index is 2.10. The van der Waals surface area contributed by atoms with Crippen molar-refractivity contribution in [1.82, 2.24) is 15.1 Å². The molecule has 0 radical (unpaired) electrons. The molecule has 0 spiro atoms. The Hall–Kier alpha value is -3.09. The molecule has 0 atom stereocenters. The average Bonchev–Trinajstić information content (AvgIpc) is 2.90. The minimum absolute atomic E-state index is 0.0516. The van der Waals surface area contributed by atoms with Gasteiger partial charge >= 0.3 is 5.82 Å². The molecular weight excluding hydrogens is 270 g/mol. The van der Waals surface area contributed by atoms with Gasteiger partial charge in [-0.2, -0.15) is 0 Å². The van der Waals surface area contributed by atoms with Crippen LogP contribution in [-0.2, 0) is 0 Å². The van der Waals surface area contributed by atoms with Crippen LogP contribution < -0.4 is 4.68 Å². The summed E-state index contributed by atoms with van der Waals surface area (Å²) in [5.41, 5.74) is 1.67. The highest BCUT2D eigenvalue weighted by Crippen LogP contribution is 2.12. The number of tetrazole rings is 1. The molecule has 0 N–H and O–H groups in total. The molecule has 7 nitrogen and oxygen atoms in total. The van der Waals surface area contributed by atoms with E-state index in [1.165, 1.54) is 12.1 Å². The summed E-state index contributed by atoms with van der Waals surface area (Å²) in [6.45, 7) is 1.83. The average molecular weight is 282 g/mol. The molecule has 0 saturated carbocycles. The Morgan fingerprint density at radius 3 is 2.38 bits per heavy atom. The summed E-state index contributed by atoms with van der Waals surface area (Å²) in [7, 11) is 0. The van der Waals surface area contributed by atoms with Crippen molar-refractivity contribution in [2.45, 2.75) is 6.92 Å². The lowest BCUT2D eigenvalue weighted by atomic mass is 10.3. The highest BCUT2D eigenvalue weighted by Gasteiger charge is 2.20. The molecule has 1 heterocycles. The number of non-ortho nitro benzene ring substituents is 1. The van der Waals surface area contributed by atoms with Gasteiger partial charge in [-0.05, 0) is 29.1 Å². The number of nitrogens with zero attached hydrogens (tertiary/aromatic N) is 5. The molecule has 2 aromatic carbocycles. The fraction of sp³-hybridized carbons (Fsp3) is 0.0714. The Bertz CT molecular complexity index is 781. The van der Waals surface area contributed by atoms with Crippen LogP contribution in [0.2, 0.25) is 0 Å². The maximum absolute atomic E-state index is 10.7. The lowest BCUT2D eigenvalue weighted by Crippen LogP contribution is -2.42. The van der Waals surface area contributed by atoms with E-state index in [9.17, 15) is 10.1 Å². The van der Waals surface area contributed by atoms with Crippen molar-refractivity contribution in [3.63, 3.8) is 0 Å². The van der Waals surface area contributed by atoms with Crippen molar-refractivity contribution >= 4 is 5.69 Å². The third kappa shape index (κ3) is 2.36. The number of para-hydroxylation sites is 1. The van der Waals surface area contributed by atoms with Gasteiger partial charge in [0.1, 0.15) is 16.5 Å². The van der Waals surface area contributed by atoms with Gasteiger partial charge in [0, 0.05) is 19.1 Å². The lowest BCUT2D eigenvalue weighted by Gasteiger charge is -2.03. The van der Waals surface area contributed by atoms with E-state index in [0.29, 0.717) is 5.82 Å². The molecule has 0 aliphatic carbocycles. The van der Waals surface area contributed by atoms with Crippen molar-refractivity contribution in [3.8, 4) is 11.4 Å². The predicted molar refractivity (Wildman–Crippen MR) is 74.3 cm³/mol. The zero-order chi connectivity index (χ0) is 14.8. The van der Waals surface area contributed by atoms with E-state index in [2.05, 4.69) is 10.3 Å². The molecule has 7 heteroatoms. The summed E-state index contributed by atoms with van der Waals surface area (Å²) in [6, 6.07) is 15.8. The first kappa shape index (κ1) is 12.9. The molecule has 0 unspecified atom stereocenters. The molecule has 0 aliphatic rings. The van der Waals surface area contributed by atoms with Crippen LogP contribution in [0.4, 0.5) is 5.69 Å². The molecule has 104 valence electrons. The number of benzene rings is 2. The Labute approximate surface area is 120 Å². The number of aromatic nitrogens is 4. The summed E-state index contributed by atoms with van der Waals surface area (Å²) in [5.74, 6) is 0.688. The van der Waals surface area contributed by atoms with Crippen molar-refractivity contribution in [1.29, 1.82) is 0 Å². The molecule has 3 rings (SSSR count). The van der Waals surface area contributed by atoms with Crippen LogP contribution in [0.1, 0.15) is 5.82 Å². The van der Waals surface area contributed by atoms with E-state index in [1.54, 1.807) is 21.6 Å². The molecule has 1 aromatic heterocycles. The molecule has 0 amide bonds. The Kier molecular flexibility index (Phi) is 3.15. The number of nitro benzene ring substituents is 1. The molecule has 0 aliphatic heterocycles. The van der Waals surface area contributed by atoms with Crippen LogP contribution in [0.15, 0.2) is 54.6 Å². The fourth-order valence-electron chi connectivity index (χ4n) is 2.07. The zero-order valence-electron chi connectivity index (χ0n) is 11.2. The van der Waals surface area contributed by atoms with E-state index < -0.39 is 4.92 Å². The SMILES string of the molecule is Cc1nnn(-c2ccccc2)[n+]1-c1ccc([N+](=O)[O-])cc1. The second-order valence-electron chi connectivity index (χ2n) is 4.45. The second-order valence-corrected chi connectivity index (χ2v) is 4.45. The summed E-state index contributed by atoms with van der Waals surface area (Å²) < 4.78 is 1.79. The normalized spacial score (nSPS) is 10.5. The first-order valence-electron chi connectivity index (χ1n) is 6.32. The lowest BCUT2D eigenvalue weighted by molar-refractivity contribution is -0.686. The van der Waals surface area contributed by atoms with Gasteiger partial charge in [-0.25, -0.2) is 0 Å². The smallest absolute Gasteiger partial charge is 0.258 e.